The Bertz CT molecular complexity index is 362. The average Bonchev–Trinajstić information content (AvgIpc) is 2.20. The normalized spacial score (nSPS) is 10.2. The minimum Gasteiger partial charge on any atom is -0.385 e. The van der Waals surface area contributed by atoms with E-state index < -0.39 is 0 Å². The fraction of sp³-hybridized carbons (Fsp3) is 0.556. The minimum atomic E-state index is -0.230. The smallest absolute Gasteiger partial charge is 0.287 e. The van der Waals surface area contributed by atoms with Gasteiger partial charge in [0.1, 0.15) is 5.02 Å². The van der Waals surface area contributed by atoms with Gasteiger partial charge in [-0.1, -0.05) is 24.9 Å². The van der Waals surface area contributed by atoms with E-state index in [0.29, 0.717) is 12.2 Å². The Morgan fingerprint density at radius 1 is 1.64 bits per heavy atom. The molecule has 1 aromatic heterocycles. The van der Waals surface area contributed by atoms with Crippen molar-refractivity contribution in [3.8, 4) is 0 Å². The summed E-state index contributed by atoms with van der Waals surface area (Å²) in [4.78, 5) is 11.6. The number of unbranched alkanes of at least 4 members (excludes halogenated alkanes) is 1. The number of aryl methyl sites for hydroxylation is 1. The van der Waals surface area contributed by atoms with Gasteiger partial charge in [-0.3, -0.25) is 4.79 Å². The number of hydrogen-bond acceptors (Lipinski definition) is 3. The summed E-state index contributed by atoms with van der Waals surface area (Å²) in [6.45, 7) is 2.69. The summed E-state index contributed by atoms with van der Waals surface area (Å²) < 4.78 is 1.40. The van der Waals surface area contributed by atoms with Crippen molar-refractivity contribution in [1.29, 1.82) is 0 Å². The standard InChI is InChI=1S/C9H14ClN3O/c1-3-4-5-13-9(14)8(10)7(11-2)6-12-13/h6,11H,3-5H2,1-2H3. The molecule has 0 aliphatic heterocycles. The summed E-state index contributed by atoms with van der Waals surface area (Å²) in [7, 11) is 1.71. The molecule has 0 aliphatic carbocycles. The zero-order valence-corrected chi connectivity index (χ0v) is 9.14. The van der Waals surface area contributed by atoms with Crippen LogP contribution in [0.25, 0.3) is 0 Å². The van der Waals surface area contributed by atoms with Crippen LogP contribution in [0, 0.1) is 0 Å². The van der Waals surface area contributed by atoms with Crippen LogP contribution in [0.3, 0.4) is 0 Å². The van der Waals surface area contributed by atoms with Crippen LogP contribution >= 0.6 is 11.6 Å². The van der Waals surface area contributed by atoms with Gasteiger partial charge >= 0.3 is 0 Å². The van der Waals surface area contributed by atoms with Crippen LogP contribution in [-0.2, 0) is 6.54 Å². The van der Waals surface area contributed by atoms with Gasteiger partial charge in [0.15, 0.2) is 0 Å². The zero-order valence-electron chi connectivity index (χ0n) is 8.38. The topological polar surface area (TPSA) is 46.9 Å². The summed E-state index contributed by atoms with van der Waals surface area (Å²) in [6, 6.07) is 0. The molecule has 1 aromatic rings. The van der Waals surface area contributed by atoms with E-state index >= 15 is 0 Å². The first-order valence-corrected chi connectivity index (χ1v) is 5.01. The first-order chi connectivity index (χ1) is 6.70. The minimum absolute atomic E-state index is 0.207. The fourth-order valence-corrected chi connectivity index (χ4v) is 1.35. The van der Waals surface area contributed by atoms with Crippen LogP contribution < -0.4 is 10.9 Å². The van der Waals surface area contributed by atoms with Crippen molar-refractivity contribution in [1.82, 2.24) is 9.78 Å². The van der Waals surface area contributed by atoms with E-state index in [1.54, 1.807) is 13.2 Å². The Morgan fingerprint density at radius 3 is 2.93 bits per heavy atom. The molecule has 0 radical (unpaired) electrons. The van der Waals surface area contributed by atoms with E-state index in [1.165, 1.54) is 4.68 Å². The Morgan fingerprint density at radius 2 is 2.36 bits per heavy atom. The van der Waals surface area contributed by atoms with Gasteiger partial charge in [0.2, 0.25) is 0 Å². The van der Waals surface area contributed by atoms with Gasteiger partial charge in [0.05, 0.1) is 11.9 Å². The van der Waals surface area contributed by atoms with E-state index in [4.69, 9.17) is 11.6 Å². The maximum Gasteiger partial charge on any atom is 0.287 e. The van der Waals surface area contributed by atoms with Crippen LogP contribution in [-0.4, -0.2) is 16.8 Å². The number of nitrogens with zero attached hydrogens (tertiary/aromatic N) is 2. The molecule has 0 bridgehead atoms. The Hall–Kier alpha value is -1.03. The van der Waals surface area contributed by atoms with Gasteiger partial charge < -0.3 is 5.32 Å². The maximum absolute atomic E-state index is 11.6. The molecule has 0 unspecified atom stereocenters. The molecule has 1 heterocycles. The van der Waals surface area contributed by atoms with Gasteiger partial charge in [-0.05, 0) is 6.42 Å². The third-order valence-corrected chi connectivity index (χ3v) is 2.34. The zero-order chi connectivity index (χ0) is 10.6. The fourth-order valence-electron chi connectivity index (χ4n) is 1.11. The van der Waals surface area contributed by atoms with Crippen LogP contribution in [0.5, 0.6) is 0 Å². The molecule has 4 nitrogen and oxygen atoms in total. The lowest BCUT2D eigenvalue weighted by atomic mass is 10.3. The summed E-state index contributed by atoms with van der Waals surface area (Å²) in [5.74, 6) is 0. The molecule has 0 saturated heterocycles. The molecule has 0 atom stereocenters. The monoisotopic (exact) mass is 215 g/mol. The number of anilines is 1. The van der Waals surface area contributed by atoms with Gasteiger partial charge in [-0.25, -0.2) is 4.68 Å². The highest BCUT2D eigenvalue weighted by Crippen LogP contribution is 2.13. The molecule has 0 aliphatic rings. The second-order valence-corrected chi connectivity index (χ2v) is 3.38. The van der Waals surface area contributed by atoms with E-state index in [0.717, 1.165) is 12.8 Å². The lowest BCUT2D eigenvalue weighted by Crippen LogP contribution is -2.24. The lowest BCUT2D eigenvalue weighted by Gasteiger charge is -2.06. The summed E-state index contributed by atoms with van der Waals surface area (Å²) in [6.07, 6.45) is 3.53. The van der Waals surface area contributed by atoms with Crippen molar-refractivity contribution in [3.63, 3.8) is 0 Å². The number of halogens is 1. The molecular weight excluding hydrogens is 202 g/mol. The molecule has 0 aromatic carbocycles. The number of aromatic nitrogens is 2. The molecule has 1 rings (SSSR count). The molecule has 0 saturated carbocycles. The largest absolute Gasteiger partial charge is 0.385 e. The molecule has 1 N–H and O–H groups in total. The second kappa shape index (κ2) is 5.00. The molecule has 14 heavy (non-hydrogen) atoms. The highest BCUT2D eigenvalue weighted by atomic mass is 35.5. The quantitative estimate of drug-likeness (QED) is 0.832. The number of nitrogens with one attached hydrogen (secondary N) is 1. The summed E-state index contributed by atoms with van der Waals surface area (Å²) >= 11 is 5.84. The third kappa shape index (κ3) is 2.26. The maximum atomic E-state index is 11.6. The van der Waals surface area contributed by atoms with Crippen molar-refractivity contribution in [2.45, 2.75) is 26.3 Å². The molecule has 78 valence electrons. The van der Waals surface area contributed by atoms with Gasteiger partial charge in [0, 0.05) is 13.6 Å². The first kappa shape index (κ1) is 11.0. The Labute approximate surface area is 87.9 Å². The number of hydrogen-bond donors (Lipinski definition) is 1. The highest BCUT2D eigenvalue weighted by molar-refractivity contribution is 6.32. The Balaban J connectivity index is 2.99. The SMILES string of the molecule is CCCCn1ncc(NC)c(Cl)c1=O. The van der Waals surface area contributed by atoms with Crippen molar-refractivity contribution in [3.05, 3.63) is 21.6 Å². The summed E-state index contributed by atoms with van der Waals surface area (Å²) in [5, 5.41) is 7.02. The highest BCUT2D eigenvalue weighted by Gasteiger charge is 2.06. The second-order valence-electron chi connectivity index (χ2n) is 3.00. The Kier molecular flexibility index (Phi) is 3.95. The van der Waals surface area contributed by atoms with Gasteiger partial charge in [-0.2, -0.15) is 5.10 Å². The van der Waals surface area contributed by atoms with E-state index in [2.05, 4.69) is 17.3 Å². The average molecular weight is 216 g/mol. The van der Waals surface area contributed by atoms with Crippen molar-refractivity contribution >= 4 is 17.3 Å². The van der Waals surface area contributed by atoms with E-state index in [-0.39, 0.29) is 10.6 Å². The van der Waals surface area contributed by atoms with Crippen LogP contribution in [0.4, 0.5) is 5.69 Å². The van der Waals surface area contributed by atoms with Crippen LogP contribution in [0.15, 0.2) is 11.0 Å². The van der Waals surface area contributed by atoms with Crippen molar-refractivity contribution in [2.24, 2.45) is 0 Å². The van der Waals surface area contributed by atoms with E-state index in [9.17, 15) is 4.79 Å². The predicted octanol–water partition coefficient (Wildman–Crippen LogP) is 1.74. The van der Waals surface area contributed by atoms with Crippen molar-refractivity contribution < 1.29 is 0 Å². The lowest BCUT2D eigenvalue weighted by molar-refractivity contribution is 0.543. The molecule has 0 fully saturated rings. The van der Waals surface area contributed by atoms with Gasteiger partial charge in [-0.15, -0.1) is 0 Å². The van der Waals surface area contributed by atoms with Crippen LogP contribution in [0.2, 0.25) is 5.02 Å². The molecule has 0 spiro atoms. The van der Waals surface area contributed by atoms with E-state index in [1.807, 2.05) is 0 Å². The molecule has 5 heteroatoms. The first-order valence-electron chi connectivity index (χ1n) is 4.64. The molecule has 0 amide bonds. The van der Waals surface area contributed by atoms with Crippen LogP contribution in [0.1, 0.15) is 19.8 Å². The molecular formula is C9H14ClN3O. The third-order valence-electron chi connectivity index (χ3n) is 1.98. The summed E-state index contributed by atoms with van der Waals surface area (Å²) in [5.41, 5.74) is 0.344. The number of rotatable bonds is 4. The van der Waals surface area contributed by atoms with Crippen molar-refractivity contribution in [2.75, 3.05) is 12.4 Å². The van der Waals surface area contributed by atoms with Gasteiger partial charge in [0.25, 0.3) is 5.56 Å². The predicted molar refractivity (Wildman–Crippen MR) is 58.0 cm³/mol.